The number of aromatic nitrogens is 2. The second-order valence-corrected chi connectivity index (χ2v) is 14.9. The minimum atomic E-state index is -0.845. The average Bonchev–Trinajstić information content (AvgIpc) is 2.97. The number of carbonyl (C=O) groups is 3. The molecule has 11 nitrogen and oxygen atoms in total. The maximum Gasteiger partial charge on any atom is 0.414 e. The number of ether oxygens (including phenoxy) is 3. The van der Waals surface area contributed by atoms with E-state index in [1.165, 1.54) is 6.20 Å². The van der Waals surface area contributed by atoms with Crippen LogP contribution in [0.1, 0.15) is 72.1 Å². The van der Waals surface area contributed by atoms with Gasteiger partial charge >= 0.3 is 18.3 Å². The van der Waals surface area contributed by atoms with Gasteiger partial charge in [-0.3, -0.25) is 20.5 Å². The number of aryl methyl sites for hydroxylation is 1. The zero-order chi connectivity index (χ0) is 34.1. The van der Waals surface area contributed by atoms with Gasteiger partial charge in [-0.1, -0.05) is 0 Å². The van der Waals surface area contributed by atoms with Gasteiger partial charge in [-0.15, -0.1) is 0 Å². The minimum Gasteiger partial charge on any atom is -0.446 e. The number of amides is 3. The van der Waals surface area contributed by atoms with Crippen LogP contribution in [0.4, 0.5) is 36.0 Å². The molecule has 2 aromatic heterocycles. The van der Waals surface area contributed by atoms with Gasteiger partial charge in [-0.25, -0.2) is 23.8 Å². The number of hydrogen-bond acceptors (Lipinski definition) is 9. The Morgan fingerprint density at radius 2 is 1.64 bits per heavy atom. The minimum absolute atomic E-state index is 0.130. The van der Waals surface area contributed by atoms with Crippen LogP contribution in [0.3, 0.4) is 0 Å². The summed E-state index contributed by atoms with van der Waals surface area (Å²) in [6.45, 7) is 12.8. The molecule has 0 bridgehead atoms. The van der Waals surface area contributed by atoms with Crippen molar-refractivity contribution < 1.29 is 33.0 Å². The fraction of sp³-hybridized carbons (Fsp3) is 0.500. The van der Waals surface area contributed by atoms with E-state index in [9.17, 15) is 14.4 Å². The van der Waals surface area contributed by atoms with Gasteiger partial charge in [-0.2, -0.15) is 11.8 Å². The highest BCUT2D eigenvalue weighted by Gasteiger charge is 2.31. The summed E-state index contributed by atoms with van der Waals surface area (Å²) in [7, 11) is 0. The summed E-state index contributed by atoms with van der Waals surface area (Å²) in [5, 5.41) is 6.02. The normalized spacial score (nSPS) is 15.5. The number of carbonyl (C=O) groups excluding carboxylic acids is 3. The van der Waals surface area contributed by atoms with E-state index in [1.807, 2.05) is 18.7 Å². The van der Waals surface area contributed by atoms with Gasteiger partial charge < -0.3 is 14.2 Å². The fourth-order valence-electron chi connectivity index (χ4n) is 5.62. The number of hydrogen-bond donors (Lipinski definition) is 2. The summed E-state index contributed by atoms with van der Waals surface area (Å²) >= 11 is 1.83. The van der Waals surface area contributed by atoms with E-state index in [1.54, 1.807) is 64.8 Å². The quantitative estimate of drug-likeness (QED) is 0.264. The highest BCUT2D eigenvalue weighted by atomic mass is 32.2. The van der Waals surface area contributed by atoms with Crippen molar-refractivity contribution >= 4 is 58.0 Å². The molecule has 3 amide bonds. The maximum absolute atomic E-state index is 16.6. The highest BCUT2D eigenvalue weighted by molar-refractivity contribution is 7.99. The Balaban J connectivity index is 1.58. The van der Waals surface area contributed by atoms with Gasteiger partial charge in [0, 0.05) is 35.5 Å². The molecule has 0 radical (unpaired) electrons. The summed E-state index contributed by atoms with van der Waals surface area (Å²) in [6.07, 6.45) is 3.74. The summed E-state index contributed by atoms with van der Waals surface area (Å²) < 4.78 is 33.3. The smallest absolute Gasteiger partial charge is 0.414 e. The van der Waals surface area contributed by atoms with Crippen LogP contribution in [-0.2, 0) is 20.6 Å². The van der Waals surface area contributed by atoms with Crippen molar-refractivity contribution in [2.75, 3.05) is 33.6 Å². The van der Waals surface area contributed by atoms with Crippen LogP contribution in [0, 0.1) is 12.7 Å². The molecule has 2 aliphatic heterocycles. The van der Waals surface area contributed by atoms with Gasteiger partial charge in [0.25, 0.3) is 0 Å². The van der Waals surface area contributed by atoms with E-state index in [-0.39, 0.29) is 23.2 Å². The first-order chi connectivity index (χ1) is 22.1. The van der Waals surface area contributed by atoms with Crippen molar-refractivity contribution in [2.24, 2.45) is 0 Å². The summed E-state index contributed by atoms with van der Waals surface area (Å²) in [4.78, 5) is 49.3. The van der Waals surface area contributed by atoms with Crippen molar-refractivity contribution in [3.8, 4) is 11.1 Å². The topological polar surface area (TPSA) is 132 Å². The number of nitrogens with zero attached hydrogens (tertiary/aromatic N) is 3. The lowest BCUT2D eigenvalue weighted by Gasteiger charge is -2.33. The third-order valence-electron chi connectivity index (χ3n) is 7.61. The Morgan fingerprint density at radius 3 is 2.32 bits per heavy atom. The third-order valence-corrected chi connectivity index (χ3v) is 8.66. The van der Waals surface area contributed by atoms with Crippen LogP contribution in [0.15, 0.2) is 24.5 Å². The molecule has 1 aromatic carbocycles. The van der Waals surface area contributed by atoms with Gasteiger partial charge in [-0.05, 0) is 109 Å². The molecule has 1 fully saturated rings. The Labute approximate surface area is 278 Å². The molecule has 0 atom stereocenters. The lowest BCUT2D eigenvalue weighted by Crippen LogP contribution is -2.40. The van der Waals surface area contributed by atoms with Crippen LogP contribution in [0.2, 0.25) is 0 Å². The predicted molar refractivity (Wildman–Crippen MR) is 182 cm³/mol. The SMILES string of the molecule is Cc1c(-c2cc3cc(NC(=O)OC4CCSCC4)ncc3c(NC(=O)OC(C)(C)C)c2F)cnc2c1N(C(=O)OC(C)(C)C)CCC2. The molecular formula is C34H42FN5O6S. The van der Waals surface area contributed by atoms with Crippen LogP contribution >= 0.6 is 11.8 Å². The number of fused-ring (bicyclic) bond motifs is 2. The zero-order valence-corrected chi connectivity index (χ0v) is 28.7. The molecule has 0 saturated carbocycles. The maximum atomic E-state index is 16.6. The van der Waals surface area contributed by atoms with Crippen molar-refractivity contribution in [1.82, 2.24) is 9.97 Å². The number of thioether (sulfide) groups is 1. The van der Waals surface area contributed by atoms with E-state index in [0.29, 0.717) is 52.7 Å². The first-order valence-corrected chi connectivity index (χ1v) is 16.9. The fourth-order valence-corrected chi connectivity index (χ4v) is 6.68. The molecule has 4 heterocycles. The molecule has 5 rings (SSSR count). The Hall–Kier alpha value is -4.13. The summed E-state index contributed by atoms with van der Waals surface area (Å²) in [6, 6.07) is 3.20. The molecule has 2 N–H and O–H groups in total. The summed E-state index contributed by atoms with van der Waals surface area (Å²) in [5.41, 5.74) is 0.787. The molecule has 0 aliphatic carbocycles. The molecule has 252 valence electrons. The second kappa shape index (κ2) is 13.5. The van der Waals surface area contributed by atoms with E-state index in [4.69, 9.17) is 14.2 Å². The number of anilines is 3. The monoisotopic (exact) mass is 667 g/mol. The Morgan fingerprint density at radius 1 is 0.936 bits per heavy atom. The lowest BCUT2D eigenvalue weighted by molar-refractivity contribution is 0.0575. The van der Waals surface area contributed by atoms with E-state index in [2.05, 4.69) is 20.6 Å². The van der Waals surface area contributed by atoms with E-state index in [0.717, 1.165) is 24.3 Å². The Bertz CT molecular complexity index is 1700. The third kappa shape index (κ3) is 8.24. The largest absolute Gasteiger partial charge is 0.446 e. The highest BCUT2D eigenvalue weighted by Crippen LogP contribution is 2.41. The first-order valence-electron chi connectivity index (χ1n) is 15.8. The number of benzene rings is 1. The van der Waals surface area contributed by atoms with Gasteiger partial charge in [0.2, 0.25) is 0 Å². The molecule has 13 heteroatoms. The lowest BCUT2D eigenvalue weighted by atomic mass is 9.94. The van der Waals surface area contributed by atoms with Gasteiger partial charge in [0.05, 0.1) is 17.1 Å². The molecule has 2 aliphatic rings. The van der Waals surface area contributed by atoms with E-state index >= 15 is 4.39 Å². The number of pyridine rings is 2. The number of nitrogens with one attached hydrogen (secondary N) is 2. The van der Waals surface area contributed by atoms with Crippen molar-refractivity contribution in [3.63, 3.8) is 0 Å². The summed E-state index contributed by atoms with van der Waals surface area (Å²) in [5.74, 6) is 1.33. The van der Waals surface area contributed by atoms with Crippen LogP contribution in [0.5, 0.6) is 0 Å². The second-order valence-electron chi connectivity index (χ2n) is 13.7. The first kappa shape index (κ1) is 34.2. The van der Waals surface area contributed by atoms with Crippen molar-refractivity contribution in [2.45, 2.75) is 91.5 Å². The van der Waals surface area contributed by atoms with Crippen molar-refractivity contribution in [3.05, 3.63) is 41.6 Å². The van der Waals surface area contributed by atoms with E-state index < -0.39 is 35.3 Å². The standard InChI is InChI=1S/C34H42FN5O6S/c1-19-23(17-36-25-9-8-12-40(29(19)25)32(43)46-34(5,6)7)22-15-20-16-26(38-30(41)44-21-10-13-47-14-11-21)37-18-24(20)28(27(22)35)39-31(42)45-33(2,3)4/h15-18,21H,8-14H2,1-7H3,(H,39,42)(H,37,38,41). The molecule has 47 heavy (non-hydrogen) atoms. The zero-order valence-electron chi connectivity index (χ0n) is 27.9. The number of rotatable bonds is 4. The van der Waals surface area contributed by atoms with Gasteiger partial charge in [0.15, 0.2) is 5.82 Å². The van der Waals surface area contributed by atoms with Crippen molar-refractivity contribution in [1.29, 1.82) is 0 Å². The Kier molecular flexibility index (Phi) is 9.86. The average molecular weight is 668 g/mol. The molecule has 3 aromatic rings. The predicted octanol–water partition coefficient (Wildman–Crippen LogP) is 8.22. The van der Waals surface area contributed by atoms with Crippen LogP contribution in [0.25, 0.3) is 21.9 Å². The molecular weight excluding hydrogens is 625 g/mol. The van der Waals surface area contributed by atoms with Gasteiger partial charge in [0.1, 0.15) is 23.1 Å². The number of halogens is 1. The molecule has 0 unspecified atom stereocenters. The molecule has 1 saturated heterocycles. The molecule has 0 spiro atoms. The van der Waals surface area contributed by atoms with Crippen LogP contribution < -0.4 is 15.5 Å². The van der Waals surface area contributed by atoms with Crippen LogP contribution in [-0.4, -0.2) is 63.6 Å².